The average molecular weight is 288 g/mol. The molecule has 0 unspecified atom stereocenters. The average Bonchev–Trinajstić information content (AvgIpc) is 2.47. The third kappa shape index (κ3) is 2.77. The first-order valence-electron chi connectivity index (χ1n) is 7.78. The molecular formula is C17H24N2O2. The minimum absolute atomic E-state index is 0.00835. The van der Waals surface area contributed by atoms with Crippen molar-refractivity contribution in [3.63, 3.8) is 0 Å². The first kappa shape index (κ1) is 14.4. The van der Waals surface area contributed by atoms with Crippen molar-refractivity contribution >= 4 is 11.6 Å². The highest BCUT2D eigenvalue weighted by Crippen LogP contribution is 2.38. The van der Waals surface area contributed by atoms with E-state index < -0.39 is 5.60 Å². The third-order valence-corrected chi connectivity index (χ3v) is 4.55. The molecule has 1 fully saturated rings. The lowest BCUT2D eigenvalue weighted by Gasteiger charge is -2.37. The number of hydrogen-bond acceptors (Lipinski definition) is 3. The van der Waals surface area contributed by atoms with Crippen LogP contribution >= 0.6 is 0 Å². The Morgan fingerprint density at radius 1 is 1.33 bits per heavy atom. The molecule has 2 aliphatic heterocycles. The van der Waals surface area contributed by atoms with E-state index in [1.807, 2.05) is 27.0 Å². The van der Waals surface area contributed by atoms with Gasteiger partial charge in [0.15, 0.2) is 5.60 Å². The van der Waals surface area contributed by atoms with Gasteiger partial charge in [0.2, 0.25) is 0 Å². The molecule has 4 heteroatoms. The molecule has 0 radical (unpaired) electrons. The summed E-state index contributed by atoms with van der Waals surface area (Å²) in [5, 5.41) is 3.40. The van der Waals surface area contributed by atoms with Crippen molar-refractivity contribution in [2.24, 2.45) is 5.92 Å². The van der Waals surface area contributed by atoms with Gasteiger partial charge in [-0.25, -0.2) is 0 Å². The maximum Gasteiger partial charge on any atom is 0.270 e. The van der Waals surface area contributed by atoms with Crippen LogP contribution in [0.3, 0.4) is 0 Å². The van der Waals surface area contributed by atoms with Gasteiger partial charge in [0.1, 0.15) is 5.75 Å². The number of anilines is 1. The van der Waals surface area contributed by atoms with Crippen molar-refractivity contribution in [1.82, 2.24) is 5.32 Å². The van der Waals surface area contributed by atoms with Crippen LogP contribution in [-0.2, 0) is 11.2 Å². The van der Waals surface area contributed by atoms with Crippen LogP contribution in [0.2, 0.25) is 0 Å². The molecule has 1 aromatic rings. The fourth-order valence-corrected chi connectivity index (χ4v) is 3.29. The quantitative estimate of drug-likeness (QED) is 0.908. The standard InChI is InChI=1S/C17H24N2O2/c1-17(2)16(20)19(3)14-11-13(4-5-15(14)21-17)10-12-6-8-18-9-7-12/h4-5,11-12,18H,6-10H2,1-3H3. The maximum atomic E-state index is 12.3. The topological polar surface area (TPSA) is 41.6 Å². The summed E-state index contributed by atoms with van der Waals surface area (Å²) >= 11 is 0. The van der Waals surface area contributed by atoms with Crippen LogP contribution in [-0.4, -0.2) is 31.6 Å². The van der Waals surface area contributed by atoms with Crippen LogP contribution in [0.4, 0.5) is 5.69 Å². The van der Waals surface area contributed by atoms with Gasteiger partial charge < -0.3 is 15.0 Å². The van der Waals surface area contributed by atoms with E-state index in [0.29, 0.717) is 0 Å². The van der Waals surface area contributed by atoms with E-state index in [1.54, 1.807) is 4.90 Å². The summed E-state index contributed by atoms with van der Waals surface area (Å²) in [6.07, 6.45) is 3.55. The van der Waals surface area contributed by atoms with Crippen molar-refractivity contribution in [2.75, 3.05) is 25.0 Å². The number of likely N-dealkylation sites (N-methyl/N-ethyl adjacent to an activating group) is 1. The van der Waals surface area contributed by atoms with Gasteiger partial charge >= 0.3 is 0 Å². The molecule has 0 aliphatic carbocycles. The summed E-state index contributed by atoms with van der Waals surface area (Å²) in [5.41, 5.74) is 1.41. The molecule has 0 saturated carbocycles. The highest BCUT2D eigenvalue weighted by molar-refractivity contribution is 6.01. The second kappa shape index (κ2) is 5.34. The number of amides is 1. The van der Waals surface area contributed by atoms with Gasteiger partial charge in [-0.2, -0.15) is 0 Å². The summed E-state index contributed by atoms with van der Waals surface area (Å²) < 4.78 is 5.85. The number of nitrogens with zero attached hydrogens (tertiary/aromatic N) is 1. The predicted molar refractivity (Wildman–Crippen MR) is 83.9 cm³/mol. The van der Waals surface area contributed by atoms with Crippen molar-refractivity contribution in [1.29, 1.82) is 0 Å². The SMILES string of the molecule is CN1C(=O)C(C)(C)Oc2ccc(CC3CCNCC3)cc21. The number of piperidine rings is 1. The molecule has 21 heavy (non-hydrogen) atoms. The van der Waals surface area contributed by atoms with E-state index in [4.69, 9.17) is 4.74 Å². The molecule has 0 aromatic heterocycles. The number of carbonyl (C=O) groups excluding carboxylic acids is 1. The minimum atomic E-state index is -0.779. The van der Waals surface area contributed by atoms with Crippen LogP contribution in [0.1, 0.15) is 32.3 Å². The van der Waals surface area contributed by atoms with Crippen LogP contribution < -0.4 is 15.0 Å². The largest absolute Gasteiger partial charge is 0.476 e. The molecule has 0 bridgehead atoms. The second-order valence-electron chi connectivity index (χ2n) is 6.68. The molecule has 4 nitrogen and oxygen atoms in total. The molecule has 2 heterocycles. The van der Waals surface area contributed by atoms with E-state index in [1.165, 1.54) is 18.4 Å². The Balaban J connectivity index is 1.82. The second-order valence-corrected chi connectivity index (χ2v) is 6.68. The van der Waals surface area contributed by atoms with Gasteiger partial charge in [0.05, 0.1) is 5.69 Å². The van der Waals surface area contributed by atoms with Gasteiger partial charge in [0, 0.05) is 7.05 Å². The lowest BCUT2D eigenvalue weighted by molar-refractivity contribution is -0.132. The summed E-state index contributed by atoms with van der Waals surface area (Å²) in [6, 6.07) is 6.27. The number of hydrogen-bond donors (Lipinski definition) is 1. The first-order chi connectivity index (χ1) is 9.97. The van der Waals surface area contributed by atoms with Crippen molar-refractivity contribution in [2.45, 2.75) is 38.7 Å². The minimum Gasteiger partial charge on any atom is -0.476 e. The summed E-state index contributed by atoms with van der Waals surface area (Å²) in [4.78, 5) is 14.0. The summed E-state index contributed by atoms with van der Waals surface area (Å²) in [7, 11) is 1.83. The van der Waals surface area contributed by atoms with Crippen molar-refractivity contribution in [3.8, 4) is 5.75 Å². The summed E-state index contributed by atoms with van der Waals surface area (Å²) in [5.74, 6) is 1.55. The number of nitrogens with one attached hydrogen (secondary N) is 1. The monoisotopic (exact) mass is 288 g/mol. The molecule has 0 atom stereocenters. The zero-order valence-electron chi connectivity index (χ0n) is 13.1. The number of carbonyl (C=O) groups is 1. The van der Waals surface area contributed by atoms with Crippen LogP contribution in [0, 0.1) is 5.92 Å². The predicted octanol–water partition coefficient (Wildman–Crippen LogP) is 2.36. The van der Waals surface area contributed by atoms with Gasteiger partial charge in [-0.15, -0.1) is 0 Å². The fourth-order valence-electron chi connectivity index (χ4n) is 3.29. The zero-order chi connectivity index (χ0) is 15.0. The zero-order valence-corrected chi connectivity index (χ0v) is 13.1. The molecule has 1 N–H and O–H groups in total. The van der Waals surface area contributed by atoms with E-state index >= 15 is 0 Å². The molecule has 1 aromatic carbocycles. The Hall–Kier alpha value is -1.55. The van der Waals surface area contributed by atoms with Crippen LogP contribution in [0.15, 0.2) is 18.2 Å². The van der Waals surface area contributed by atoms with Gasteiger partial charge in [-0.05, 0) is 69.8 Å². The third-order valence-electron chi connectivity index (χ3n) is 4.55. The van der Waals surface area contributed by atoms with E-state index in [2.05, 4.69) is 17.4 Å². The van der Waals surface area contributed by atoms with Crippen molar-refractivity contribution in [3.05, 3.63) is 23.8 Å². The van der Waals surface area contributed by atoms with Gasteiger partial charge in [-0.1, -0.05) is 6.07 Å². The smallest absolute Gasteiger partial charge is 0.270 e. The Kier molecular flexibility index (Phi) is 3.66. The molecular weight excluding hydrogens is 264 g/mol. The molecule has 3 rings (SSSR count). The Morgan fingerprint density at radius 2 is 2.05 bits per heavy atom. The van der Waals surface area contributed by atoms with Crippen molar-refractivity contribution < 1.29 is 9.53 Å². The molecule has 1 saturated heterocycles. The normalized spacial score (nSPS) is 21.9. The first-order valence-corrected chi connectivity index (χ1v) is 7.78. The lowest BCUT2D eigenvalue weighted by atomic mass is 9.90. The van der Waals surface area contributed by atoms with E-state index in [9.17, 15) is 4.79 Å². The molecule has 114 valence electrons. The Bertz CT molecular complexity index is 548. The highest BCUT2D eigenvalue weighted by Gasteiger charge is 2.39. The number of ether oxygens (including phenoxy) is 1. The Labute approximate surface area is 126 Å². The van der Waals surface area contributed by atoms with E-state index in [-0.39, 0.29) is 5.91 Å². The highest BCUT2D eigenvalue weighted by atomic mass is 16.5. The van der Waals surface area contributed by atoms with Gasteiger partial charge in [-0.3, -0.25) is 4.79 Å². The number of rotatable bonds is 2. The number of benzene rings is 1. The number of fused-ring (bicyclic) bond motifs is 1. The Morgan fingerprint density at radius 3 is 2.76 bits per heavy atom. The van der Waals surface area contributed by atoms with E-state index in [0.717, 1.165) is 36.9 Å². The summed E-state index contributed by atoms with van der Waals surface area (Å²) in [6.45, 7) is 5.87. The lowest BCUT2D eigenvalue weighted by Crippen LogP contribution is -2.50. The molecule has 0 spiro atoms. The maximum absolute atomic E-state index is 12.3. The fraction of sp³-hybridized carbons (Fsp3) is 0.588. The van der Waals surface area contributed by atoms with Gasteiger partial charge in [0.25, 0.3) is 5.91 Å². The van der Waals surface area contributed by atoms with Crippen LogP contribution in [0.5, 0.6) is 5.75 Å². The van der Waals surface area contributed by atoms with Crippen LogP contribution in [0.25, 0.3) is 0 Å². The molecule has 1 amide bonds. The molecule has 2 aliphatic rings.